The van der Waals surface area contributed by atoms with Crippen molar-refractivity contribution < 1.29 is 0 Å². The average molecular weight is 297 g/mol. The van der Waals surface area contributed by atoms with E-state index in [0.29, 0.717) is 6.04 Å². The fourth-order valence-corrected chi connectivity index (χ4v) is 4.27. The zero-order valence-electron chi connectivity index (χ0n) is 14.1. The molecule has 2 atom stereocenters. The van der Waals surface area contributed by atoms with Crippen molar-refractivity contribution in [2.75, 3.05) is 19.6 Å². The summed E-state index contributed by atoms with van der Waals surface area (Å²) in [5.74, 6) is 0. The summed E-state index contributed by atoms with van der Waals surface area (Å²) in [5.41, 5.74) is 1.60. The first kappa shape index (κ1) is 17.7. The normalized spacial score (nSPS) is 16.4. The zero-order chi connectivity index (χ0) is 15.2. The first-order valence-electron chi connectivity index (χ1n) is 8.07. The fourth-order valence-electron chi connectivity index (χ4n) is 3.12. The molecule has 0 spiro atoms. The summed E-state index contributed by atoms with van der Waals surface area (Å²) in [5, 5.41) is 6.05. The Bertz CT molecular complexity index is 384. The summed E-state index contributed by atoms with van der Waals surface area (Å²) in [6.07, 6.45) is 2.34. The Labute approximate surface area is 129 Å². The number of hydrogen-bond donors (Lipinski definition) is 1. The quantitative estimate of drug-likeness (QED) is 0.716. The molecule has 2 nitrogen and oxygen atoms in total. The van der Waals surface area contributed by atoms with Crippen LogP contribution >= 0.6 is 11.3 Å². The maximum absolute atomic E-state index is 3.82. The summed E-state index contributed by atoms with van der Waals surface area (Å²) >= 11 is 1.90. The molecule has 2 unspecified atom stereocenters. The van der Waals surface area contributed by atoms with E-state index in [4.69, 9.17) is 0 Å². The SMILES string of the molecule is CCCNC(c1sccc1C)C(C)(CC)N(CC)CC. The van der Waals surface area contributed by atoms with E-state index in [0.717, 1.165) is 26.1 Å². The topological polar surface area (TPSA) is 15.3 Å². The Morgan fingerprint density at radius 1 is 1.25 bits per heavy atom. The van der Waals surface area contributed by atoms with Gasteiger partial charge in [-0.05, 0) is 63.3 Å². The number of likely N-dealkylation sites (N-methyl/N-ethyl adjacent to an activating group) is 1. The van der Waals surface area contributed by atoms with Gasteiger partial charge in [0.25, 0.3) is 0 Å². The maximum Gasteiger partial charge on any atom is 0.0601 e. The molecule has 0 bridgehead atoms. The maximum atomic E-state index is 3.82. The van der Waals surface area contributed by atoms with E-state index in [2.05, 4.69) is 63.2 Å². The summed E-state index contributed by atoms with van der Waals surface area (Å²) in [7, 11) is 0. The molecule has 0 aromatic carbocycles. The van der Waals surface area contributed by atoms with E-state index in [1.165, 1.54) is 16.9 Å². The molecule has 0 radical (unpaired) electrons. The molecule has 0 aliphatic heterocycles. The predicted molar refractivity (Wildman–Crippen MR) is 91.7 cm³/mol. The highest BCUT2D eigenvalue weighted by Crippen LogP contribution is 2.38. The van der Waals surface area contributed by atoms with Gasteiger partial charge in [0, 0.05) is 10.4 Å². The van der Waals surface area contributed by atoms with Crippen LogP contribution in [0.25, 0.3) is 0 Å². The highest BCUT2D eigenvalue weighted by Gasteiger charge is 2.38. The molecular weight excluding hydrogens is 264 g/mol. The van der Waals surface area contributed by atoms with Crippen molar-refractivity contribution in [3.05, 3.63) is 21.9 Å². The van der Waals surface area contributed by atoms with Crippen LogP contribution in [-0.4, -0.2) is 30.1 Å². The summed E-state index contributed by atoms with van der Waals surface area (Å²) < 4.78 is 0. The van der Waals surface area contributed by atoms with Gasteiger partial charge >= 0.3 is 0 Å². The van der Waals surface area contributed by atoms with E-state index in [1.54, 1.807) is 0 Å². The molecular formula is C17H32N2S. The molecule has 0 saturated carbocycles. The first-order chi connectivity index (χ1) is 9.54. The highest BCUT2D eigenvalue weighted by molar-refractivity contribution is 7.10. The third-order valence-electron chi connectivity index (χ3n) is 4.59. The number of nitrogens with one attached hydrogen (secondary N) is 1. The monoisotopic (exact) mass is 296 g/mol. The Morgan fingerprint density at radius 2 is 1.90 bits per heavy atom. The van der Waals surface area contributed by atoms with Crippen molar-refractivity contribution in [3.8, 4) is 0 Å². The van der Waals surface area contributed by atoms with Gasteiger partial charge in [0.2, 0.25) is 0 Å². The van der Waals surface area contributed by atoms with E-state index in [1.807, 2.05) is 11.3 Å². The first-order valence-corrected chi connectivity index (χ1v) is 8.95. The van der Waals surface area contributed by atoms with Crippen molar-refractivity contribution in [2.24, 2.45) is 0 Å². The van der Waals surface area contributed by atoms with E-state index >= 15 is 0 Å². The molecule has 1 heterocycles. The molecule has 1 N–H and O–H groups in total. The predicted octanol–water partition coefficient (Wildman–Crippen LogP) is 4.61. The number of aryl methyl sites for hydroxylation is 1. The lowest BCUT2D eigenvalue weighted by molar-refractivity contribution is 0.0709. The Balaban J connectivity index is 3.16. The van der Waals surface area contributed by atoms with Crippen LogP contribution < -0.4 is 5.32 Å². The van der Waals surface area contributed by atoms with Crippen molar-refractivity contribution in [1.29, 1.82) is 0 Å². The Kier molecular flexibility index (Phi) is 7.21. The third kappa shape index (κ3) is 3.63. The van der Waals surface area contributed by atoms with Gasteiger partial charge in [-0.2, -0.15) is 0 Å². The second-order valence-electron chi connectivity index (χ2n) is 5.74. The van der Waals surface area contributed by atoms with Gasteiger partial charge in [-0.3, -0.25) is 4.90 Å². The summed E-state index contributed by atoms with van der Waals surface area (Å²) in [6, 6.07) is 2.67. The van der Waals surface area contributed by atoms with Crippen molar-refractivity contribution >= 4 is 11.3 Å². The smallest absolute Gasteiger partial charge is 0.0601 e. The van der Waals surface area contributed by atoms with Gasteiger partial charge < -0.3 is 5.32 Å². The van der Waals surface area contributed by atoms with Crippen molar-refractivity contribution in [1.82, 2.24) is 10.2 Å². The average Bonchev–Trinajstić information content (AvgIpc) is 2.86. The van der Waals surface area contributed by atoms with Gasteiger partial charge in [-0.15, -0.1) is 11.3 Å². The summed E-state index contributed by atoms with van der Waals surface area (Å²) in [6.45, 7) is 17.1. The number of nitrogens with zero attached hydrogens (tertiary/aromatic N) is 1. The second kappa shape index (κ2) is 8.16. The minimum Gasteiger partial charge on any atom is -0.308 e. The lowest BCUT2D eigenvalue weighted by Gasteiger charge is -2.46. The van der Waals surface area contributed by atoms with Gasteiger partial charge in [0.15, 0.2) is 0 Å². The van der Waals surface area contributed by atoms with Crippen LogP contribution in [0, 0.1) is 6.92 Å². The number of rotatable bonds is 9. The molecule has 0 aliphatic rings. The zero-order valence-corrected chi connectivity index (χ0v) is 14.9. The Hall–Kier alpha value is -0.380. The van der Waals surface area contributed by atoms with Crippen LogP contribution in [0.2, 0.25) is 0 Å². The minimum absolute atomic E-state index is 0.175. The molecule has 0 amide bonds. The van der Waals surface area contributed by atoms with Crippen LogP contribution in [0.1, 0.15) is 63.9 Å². The lowest BCUT2D eigenvalue weighted by Crippen LogP contribution is -2.54. The molecule has 1 aromatic heterocycles. The van der Waals surface area contributed by atoms with E-state index < -0.39 is 0 Å². The fraction of sp³-hybridized carbons (Fsp3) is 0.765. The van der Waals surface area contributed by atoms with Crippen LogP contribution in [0.15, 0.2) is 11.4 Å². The molecule has 0 saturated heterocycles. The molecule has 1 aromatic rings. The molecule has 1 rings (SSSR count). The summed E-state index contributed by atoms with van der Waals surface area (Å²) in [4.78, 5) is 4.12. The van der Waals surface area contributed by atoms with Gasteiger partial charge in [0.05, 0.1) is 6.04 Å². The lowest BCUT2D eigenvalue weighted by atomic mass is 9.85. The molecule has 0 aliphatic carbocycles. The van der Waals surface area contributed by atoms with Crippen LogP contribution in [0.3, 0.4) is 0 Å². The van der Waals surface area contributed by atoms with Crippen molar-refractivity contribution in [3.63, 3.8) is 0 Å². The van der Waals surface area contributed by atoms with Crippen LogP contribution in [-0.2, 0) is 0 Å². The van der Waals surface area contributed by atoms with Crippen LogP contribution in [0.4, 0.5) is 0 Å². The third-order valence-corrected chi connectivity index (χ3v) is 5.67. The van der Waals surface area contributed by atoms with Crippen LogP contribution in [0.5, 0.6) is 0 Å². The Morgan fingerprint density at radius 3 is 2.30 bits per heavy atom. The van der Waals surface area contributed by atoms with Gasteiger partial charge in [0.1, 0.15) is 0 Å². The van der Waals surface area contributed by atoms with Crippen molar-refractivity contribution in [2.45, 2.75) is 66.0 Å². The van der Waals surface area contributed by atoms with Gasteiger partial charge in [-0.1, -0.05) is 27.7 Å². The van der Waals surface area contributed by atoms with Gasteiger partial charge in [-0.25, -0.2) is 0 Å². The molecule has 20 heavy (non-hydrogen) atoms. The molecule has 116 valence electrons. The molecule has 3 heteroatoms. The van der Waals surface area contributed by atoms with E-state index in [9.17, 15) is 0 Å². The number of hydrogen-bond acceptors (Lipinski definition) is 3. The number of thiophene rings is 1. The van der Waals surface area contributed by atoms with E-state index in [-0.39, 0.29) is 5.54 Å². The minimum atomic E-state index is 0.175. The second-order valence-corrected chi connectivity index (χ2v) is 6.69. The standard InChI is InChI=1S/C17H32N2S/c1-7-12-18-16(15-14(5)11-13-20-15)17(6,8-2)19(9-3)10-4/h11,13,16,18H,7-10,12H2,1-6H3. The largest absolute Gasteiger partial charge is 0.308 e. The highest BCUT2D eigenvalue weighted by atomic mass is 32.1. The molecule has 0 fully saturated rings.